The number of hydrogen-bond acceptors (Lipinski definition) is 3. The van der Waals surface area contributed by atoms with E-state index in [2.05, 4.69) is 15.9 Å². The van der Waals surface area contributed by atoms with E-state index in [0.29, 0.717) is 12.3 Å². The van der Waals surface area contributed by atoms with Crippen LogP contribution in [0.15, 0.2) is 40.9 Å². The number of rotatable bonds is 3. The van der Waals surface area contributed by atoms with Crippen molar-refractivity contribution in [3.05, 3.63) is 57.8 Å². The van der Waals surface area contributed by atoms with E-state index in [4.69, 9.17) is 15.7 Å². The van der Waals surface area contributed by atoms with E-state index < -0.39 is 5.82 Å². The lowest BCUT2D eigenvalue weighted by Gasteiger charge is -2.09. The first kappa shape index (κ1) is 13.5. The second kappa shape index (κ2) is 5.83. The molecule has 0 saturated carbocycles. The van der Waals surface area contributed by atoms with Gasteiger partial charge in [-0.15, -0.1) is 0 Å². The molecule has 0 bridgehead atoms. The van der Waals surface area contributed by atoms with Gasteiger partial charge in [-0.2, -0.15) is 5.26 Å². The van der Waals surface area contributed by atoms with Gasteiger partial charge in [0.25, 0.3) is 0 Å². The molecule has 3 nitrogen and oxygen atoms in total. The van der Waals surface area contributed by atoms with Gasteiger partial charge in [0.15, 0.2) is 11.6 Å². The van der Waals surface area contributed by atoms with Crippen LogP contribution in [0.3, 0.4) is 0 Å². The van der Waals surface area contributed by atoms with Crippen LogP contribution in [0.1, 0.15) is 11.1 Å². The van der Waals surface area contributed by atoms with Gasteiger partial charge in [0.2, 0.25) is 0 Å². The van der Waals surface area contributed by atoms with E-state index >= 15 is 0 Å². The molecule has 96 valence electrons. The molecule has 0 spiro atoms. The van der Waals surface area contributed by atoms with Crippen LogP contribution < -0.4 is 10.5 Å². The maximum atomic E-state index is 13.9. The van der Waals surface area contributed by atoms with E-state index in [-0.39, 0.29) is 15.8 Å². The number of benzene rings is 2. The van der Waals surface area contributed by atoms with Crippen molar-refractivity contribution in [2.75, 3.05) is 0 Å². The average Bonchev–Trinajstić information content (AvgIpc) is 2.45. The largest absolute Gasteiger partial charge is 0.454 e. The molecule has 0 atom stereocenters. The summed E-state index contributed by atoms with van der Waals surface area (Å²) in [4.78, 5) is 0. The number of nitriles is 1. The molecule has 0 radical (unpaired) electrons. The van der Waals surface area contributed by atoms with E-state index in [1.807, 2.05) is 18.2 Å². The Bertz CT molecular complexity index is 635. The second-order valence-electron chi connectivity index (χ2n) is 3.80. The molecule has 0 unspecified atom stereocenters. The fourth-order valence-corrected chi connectivity index (χ4v) is 1.93. The summed E-state index contributed by atoms with van der Waals surface area (Å²) in [5.41, 5.74) is 6.68. The van der Waals surface area contributed by atoms with Gasteiger partial charge in [0.05, 0.1) is 10.0 Å². The van der Waals surface area contributed by atoms with E-state index in [9.17, 15) is 4.39 Å². The Labute approximate surface area is 118 Å². The van der Waals surface area contributed by atoms with E-state index in [1.165, 1.54) is 12.1 Å². The third-order valence-electron chi connectivity index (χ3n) is 2.55. The Morgan fingerprint density at radius 1 is 1.21 bits per heavy atom. The predicted octanol–water partition coefficient (Wildman–Crippen LogP) is 3.71. The van der Waals surface area contributed by atoms with E-state index in [0.717, 1.165) is 5.56 Å². The quantitative estimate of drug-likeness (QED) is 0.937. The zero-order chi connectivity index (χ0) is 13.8. The minimum absolute atomic E-state index is 0.0615. The number of nitrogens with zero attached hydrogens (tertiary/aromatic N) is 1. The minimum atomic E-state index is -0.595. The zero-order valence-corrected chi connectivity index (χ0v) is 11.4. The van der Waals surface area contributed by atoms with Gasteiger partial charge in [0.1, 0.15) is 11.8 Å². The average molecular weight is 321 g/mol. The lowest BCUT2D eigenvalue weighted by molar-refractivity contribution is 0.440. The molecule has 2 aromatic rings. The van der Waals surface area contributed by atoms with Crippen LogP contribution in [0, 0.1) is 17.1 Å². The van der Waals surface area contributed by atoms with Crippen LogP contribution in [0.4, 0.5) is 4.39 Å². The van der Waals surface area contributed by atoms with Crippen molar-refractivity contribution >= 4 is 15.9 Å². The Morgan fingerprint density at radius 2 is 1.89 bits per heavy atom. The topological polar surface area (TPSA) is 59.0 Å². The molecule has 0 aromatic heterocycles. The first-order valence-corrected chi connectivity index (χ1v) is 6.30. The molecule has 2 aromatic carbocycles. The van der Waals surface area contributed by atoms with Crippen LogP contribution in [-0.2, 0) is 6.54 Å². The van der Waals surface area contributed by atoms with E-state index in [1.54, 1.807) is 12.1 Å². The van der Waals surface area contributed by atoms with Crippen LogP contribution in [0.2, 0.25) is 0 Å². The van der Waals surface area contributed by atoms with Crippen molar-refractivity contribution in [3.8, 4) is 17.6 Å². The Hall–Kier alpha value is -1.90. The normalized spacial score (nSPS) is 10.0. The van der Waals surface area contributed by atoms with Crippen molar-refractivity contribution < 1.29 is 9.13 Å². The first-order valence-electron chi connectivity index (χ1n) is 5.50. The highest BCUT2D eigenvalue weighted by Gasteiger charge is 2.12. The first-order chi connectivity index (χ1) is 9.15. The molecular formula is C14H10BrFN2O. The summed E-state index contributed by atoms with van der Waals surface area (Å²) in [7, 11) is 0. The number of ether oxygens (including phenoxy) is 1. The Kier molecular flexibility index (Phi) is 4.15. The number of hydrogen-bond donors (Lipinski definition) is 1. The monoisotopic (exact) mass is 320 g/mol. The highest BCUT2D eigenvalue weighted by Crippen LogP contribution is 2.31. The van der Waals surface area contributed by atoms with Crippen LogP contribution in [0.5, 0.6) is 11.5 Å². The van der Waals surface area contributed by atoms with Gasteiger partial charge >= 0.3 is 0 Å². The summed E-state index contributed by atoms with van der Waals surface area (Å²) in [5, 5.41) is 8.78. The lowest BCUT2D eigenvalue weighted by atomic mass is 10.2. The standard InChI is InChI=1S/C14H10BrFN2O/c15-13-10(8-18)3-6-12(14(13)16)19-11-4-1-9(7-17)2-5-11/h1-6H,7,17H2. The van der Waals surface area contributed by atoms with Gasteiger partial charge in [-0.05, 0) is 45.8 Å². The van der Waals surface area contributed by atoms with Crippen LogP contribution in [0.25, 0.3) is 0 Å². The summed E-state index contributed by atoms with van der Waals surface area (Å²) < 4.78 is 19.5. The van der Waals surface area contributed by atoms with Gasteiger partial charge in [-0.3, -0.25) is 0 Å². The molecule has 0 aliphatic carbocycles. The molecule has 0 aliphatic heterocycles. The molecule has 0 saturated heterocycles. The van der Waals surface area contributed by atoms with Gasteiger partial charge in [0, 0.05) is 6.54 Å². The molecule has 2 N–H and O–H groups in total. The highest BCUT2D eigenvalue weighted by molar-refractivity contribution is 9.10. The molecule has 5 heteroatoms. The third kappa shape index (κ3) is 2.92. The van der Waals surface area contributed by atoms with Crippen LogP contribution >= 0.6 is 15.9 Å². The minimum Gasteiger partial charge on any atom is -0.454 e. The van der Waals surface area contributed by atoms with Gasteiger partial charge in [-0.25, -0.2) is 4.39 Å². The number of halogens is 2. The van der Waals surface area contributed by atoms with Crippen molar-refractivity contribution in [1.82, 2.24) is 0 Å². The van der Waals surface area contributed by atoms with Gasteiger partial charge < -0.3 is 10.5 Å². The molecule has 0 amide bonds. The Balaban J connectivity index is 2.28. The van der Waals surface area contributed by atoms with Crippen molar-refractivity contribution in [3.63, 3.8) is 0 Å². The SMILES string of the molecule is N#Cc1ccc(Oc2ccc(CN)cc2)c(F)c1Br. The third-order valence-corrected chi connectivity index (χ3v) is 3.33. The molecule has 0 heterocycles. The van der Waals surface area contributed by atoms with Gasteiger partial charge in [-0.1, -0.05) is 12.1 Å². The van der Waals surface area contributed by atoms with Crippen molar-refractivity contribution in [1.29, 1.82) is 5.26 Å². The fourth-order valence-electron chi connectivity index (χ4n) is 1.52. The zero-order valence-electron chi connectivity index (χ0n) is 9.86. The number of nitrogens with two attached hydrogens (primary N) is 1. The highest BCUT2D eigenvalue weighted by atomic mass is 79.9. The smallest absolute Gasteiger partial charge is 0.181 e. The molecular weight excluding hydrogens is 311 g/mol. The predicted molar refractivity (Wildman–Crippen MR) is 73.2 cm³/mol. The van der Waals surface area contributed by atoms with Crippen molar-refractivity contribution in [2.45, 2.75) is 6.54 Å². The molecule has 2 rings (SSSR count). The van der Waals surface area contributed by atoms with Crippen LogP contribution in [-0.4, -0.2) is 0 Å². The molecule has 0 aliphatic rings. The lowest BCUT2D eigenvalue weighted by Crippen LogP contribution is -1.96. The molecule has 0 fully saturated rings. The van der Waals surface area contributed by atoms with Crippen molar-refractivity contribution in [2.24, 2.45) is 5.73 Å². The summed E-state index contributed by atoms with van der Waals surface area (Å²) in [6.45, 7) is 0.442. The fraction of sp³-hybridized carbons (Fsp3) is 0.0714. The summed E-state index contributed by atoms with van der Waals surface area (Å²) in [5.74, 6) is -0.0268. The second-order valence-corrected chi connectivity index (χ2v) is 4.59. The maximum Gasteiger partial charge on any atom is 0.181 e. The summed E-state index contributed by atoms with van der Waals surface area (Å²) in [6.07, 6.45) is 0. The summed E-state index contributed by atoms with van der Waals surface area (Å²) in [6, 6.07) is 11.9. The Morgan fingerprint density at radius 3 is 2.47 bits per heavy atom. The molecule has 19 heavy (non-hydrogen) atoms. The maximum absolute atomic E-state index is 13.9. The summed E-state index contributed by atoms with van der Waals surface area (Å²) >= 11 is 3.03.